The molecule has 0 unspecified atom stereocenters. The summed E-state index contributed by atoms with van der Waals surface area (Å²) >= 11 is 0. The molecule has 1 aliphatic rings. The molecule has 1 heterocycles. The van der Waals surface area contributed by atoms with Crippen molar-refractivity contribution in [1.82, 2.24) is 4.90 Å². The smallest absolute Gasteiger partial charge is 0.410 e. The number of nitrogens with zero attached hydrogens (tertiary/aromatic N) is 2. The van der Waals surface area contributed by atoms with Crippen LogP contribution in [0.15, 0.2) is 18.2 Å². The number of amides is 1. The van der Waals surface area contributed by atoms with E-state index >= 15 is 0 Å². The van der Waals surface area contributed by atoms with Gasteiger partial charge in [0, 0.05) is 31.9 Å². The molecular weight excluding hydrogens is 296 g/mol. The van der Waals surface area contributed by atoms with E-state index < -0.39 is 5.60 Å². The second-order valence-corrected chi connectivity index (χ2v) is 6.72. The third-order valence-corrected chi connectivity index (χ3v) is 3.83. The highest BCUT2D eigenvalue weighted by Crippen LogP contribution is 2.22. The zero-order valence-electron chi connectivity index (χ0n) is 14.1. The Kier molecular flexibility index (Phi) is 5.49. The molecule has 0 saturated carbocycles. The van der Waals surface area contributed by atoms with Crippen molar-refractivity contribution in [2.45, 2.75) is 39.6 Å². The van der Waals surface area contributed by atoms with Crippen LogP contribution >= 0.6 is 0 Å². The first-order chi connectivity index (χ1) is 10.8. The SMILES string of the molecule is CC(C)(C)OC(=O)N1CCN(c2ccc(CO)c(CO)c2)CC1. The van der Waals surface area contributed by atoms with Crippen molar-refractivity contribution in [3.63, 3.8) is 0 Å². The predicted molar refractivity (Wildman–Crippen MR) is 88.3 cm³/mol. The number of rotatable bonds is 3. The Balaban J connectivity index is 1.98. The van der Waals surface area contributed by atoms with Gasteiger partial charge in [0.2, 0.25) is 0 Å². The van der Waals surface area contributed by atoms with Crippen molar-refractivity contribution >= 4 is 11.8 Å². The zero-order chi connectivity index (χ0) is 17.0. The molecule has 2 rings (SSSR count). The highest BCUT2D eigenvalue weighted by atomic mass is 16.6. The molecule has 128 valence electrons. The molecule has 1 fully saturated rings. The van der Waals surface area contributed by atoms with Crippen LogP contribution in [0.4, 0.5) is 10.5 Å². The second-order valence-electron chi connectivity index (χ2n) is 6.72. The standard InChI is InChI=1S/C17H26N2O4/c1-17(2,3)23-16(22)19-8-6-18(7-9-19)15-5-4-13(11-20)14(10-15)12-21/h4-5,10,20-21H,6-9,11-12H2,1-3H3. The van der Waals surface area contributed by atoms with Crippen LogP contribution in [0, 0.1) is 0 Å². The summed E-state index contributed by atoms with van der Waals surface area (Å²) < 4.78 is 5.39. The van der Waals surface area contributed by atoms with E-state index in [4.69, 9.17) is 4.74 Å². The number of aliphatic hydroxyl groups excluding tert-OH is 2. The maximum absolute atomic E-state index is 12.1. The minimum Gasteiger partial charge on any atom is -0.444 e. The summed E-state index contributed by atoms with van der Waals surface area (Å²) in [6.07, 6.45) is -0.274. The highest BCUT2D eigenvalue weighted by molar-refractivity contribution is 5.68. The van der Waals surface area contributed by atoms with Gasteiger partial charge in [-0.3, -0.25) is 0 Å². The summed E-state index contributed by atoms with van der Waals surface area (Å²) in [5, 5.41) is 18.7. The van der Waals surface area contributed by atoms with Crippen LogP contribution in [0.25, 0.3) is 0 Å². The predicted octanol–water partition coefficient (Wildman–Crippen LogP) is 1.73. The highest BCUT2D eigenvalue weighted by Gasteiger charge is 2.26. The van der Waals surface area contributed by atoms with Gasteiger partial charge in [-0.2, -0.15) is 0 Å². The van der Waals surface area contributed by atoms with Crippen molar-refractivity contribution in [1.29, 1.82) is 0 Å². The molecule has 1 saturated heterocycles. The Morgan fingerprint density at radius 2 is 1.70 bits per heavy atom. The molecule has 0 radical (unpaired) electrons. The first-order valence-electron chi connectivity index (χ1n) is 7.90. The van der Waals surface area contributed by atoms with Crippen LogP contribution in [0.2, 0.25) is 0 Å². The number of hydrogen-bond donors (Lipinski definition) is 2. The molecule has 0 atom stereocenters. The van der Waals surface area contributed by atoms with E-state index in [1.807, 2.05) is 39.0 Å². The quantitative estimate of drug-likeness (QED) is 0.886. The first-order valence-corrected chi connectivity index (χ1v) is 7.90. The Bertz CT molecular complexity index is 546. The number of piperazine rings is 1. The lowest BCUT2D eigenvalue weighted by molar-refractivity contribution is 0.0240. The van der Waals surface area contributed by atoms with Crippen molar-refractivity contribution in [3.05, 3.63) is 29.3 Å². The van der Waals surface area contributed by atoms with E-state index in [2.05, 4.69) is 4.90 Å². The average molecular weight is 322 g/mol. The summed E-state index contributed by atoms with van der Waals surface area (Å²) in [6.45, 7) is 8.03. The van der Waals surface area contributed by atoms with E-state index in [0.717, 1.165) is 16.8 Å². The molecule has 1 aliphatic heterocycles. The second kappa shape index (κ2) is 7.19. The van der Waals surface area contributed by atoms with Gasteiger partial charge in [-0.25, -0.2) is 4.79 Å². The first kappa shape index (κ1) is 17.6. The van der Waals surface area contributed by atoms with Gasteiger partial charge in [0.25, 0.3) is 0 Å². The lowest BCUT2D eigenvalue weighted by Crippen LogP contribution is -2.50. The van der Waals surface area contributed by atoms with E-state index in [0.29, 0.717) is 26.2 Å². The molecule has 0 aliphatic carbocycles. The lowest BCUT2D eigenvalue weighted by atomic mass is 10.1. The maximum atomic E-state index is 12.1. The van der Waals surface area contributed by atoms with Crippen molar-refractivity contribution in [2.24, 2.45) is 0 Å². The summed E-state index contributed by atoms with van der Waals surface area (Å²) in [5.41, 5.74) is 1.99. The van der Waals surface area contributed by atoms with Crippen LogP contribution in [-0.4, -0.2) is 53.0 Å². The molecule has 1 amide bonds. The molecule has 6 heteroatoms. The molecular formula is C17H26N2O4. The Morgan fingerprint density at radius 1 is 1.09 bits per heavy atom. The molecule has 23 heavy (non-hydrogen) atoms. The maximum Gasteiger partial charge on any atom is 0.410 e. The number of ether oxygens (including phenoxy) is 1. The molecule has 1 aromatic rings. The Morgan fingerprint density at radius 3 is 2.22 bits per heavy atom. The number of hydrogen-bond acceptors (Lipinski definition) is 5. The minimum atomic E-state index is -0.482. The van der Waals surface area contributed by atoms with Crippen LogP contribution in [-0.2, 0) is 18.0 Å². The minimum absolute atomic E-state index is 0.0808. The lowest BCUT2D eigenvalue weighted by Gasteiger charge is -2.37. The molecule has 6 nitrogen and oxygen atoms in total. The fourth-order valence-electron chi connectivity index (χ4n) is 2.58. The third-order valence-electron chi connectivity index (χ3n) is 3.83. The van der Waals surface area contributed by atoms with E-state index in [1.54, 1.807) is 4.90 Å². The van der Waals surface area contributed by atoms with Crippen molar-refractivity contribution in [2.75, 3.05) is 31.1 Å². The molecule has 1 aromatic carbocycles. The van der Waals surface area contributed by atoms with E-state index in [9.17, 15) is 15.0 Å². The van der Waals surface area contributed by atoms with Gasteiger partial charge < -0.3 is 24.7 Å². The summed E-state index contributed by atoms with van der Waals surface area (Å²) in [7, 11) is 0. The van der Waals surface area contributed by atoms with Gasteiger partial charge >= 0.3 is 6.09 Å². The van der Waals surface area contributed by atoms with E-state index in [1.165, 1.54) is 0 Å². The topological polar surface area (TPSA) is 73.2 Å². The van der Waals surface area contributed by atoms with Crippen molar-refractivity contribution in [3.8, 4) is 0 Å². The fraction of sp³-hybridized carbons (Fsp3) is 0.588. The molecule has 0 spiro atoms. The number of carbonyl (C=O) groups is 1. The normalized spacial score (nSPS) is 15.7. The monoisotopic (exact) mass is 322 g/mol. The molecule has 2 N–H and O–H groups in total. The van der Waals surface area contributed by atoms with Crippen LogP contribution in [0.1, 0.15) is 31.9 Å². The fourth-order valence-corrected chi connectivity index (χ4v) is 2.58. The van der Waals surface area contributed by atoms with Crippen LogP contribution < -0.4 is 4.90 Å². The van der Waals surface area contributed by atoms with Gasteiger partial charge in [0.1, 0.15) is 5.60 Å². The van der Waals surface area contributed by atoms with Crippen molar-refractivity contribution < 1.29 is 19.7 Å². The van der Waals surface area contributed by atoms with Gasteiger partial charge in [0.15, 0.2) is 0 Å². The summed E-state index contributed by atoms with van der Waals surface area (Å²) in [4.78, 5) is 16.0. The Hall–Kier alpha value is -1.79. The summed E-state index contributed by atoms with van der Waals surface area (Å²) in [5.74, 6) is 0. The van der Waals surface area contributed by atoms with Gasteiger partial charge in [-0.15, -0.1) is 0 Å². The third kappa shape index (κ3) is 4.59. The molecule has 0 bridgehead atoms. The Labute approximate surface area is 137 Å². The van der Waals surface area contributed by atoms with E-state index in [-0.39, 0.29) is 19.3 Å². The number of benzene rings is 1. The number of carbonyl (C=O) groups excluding carboxylic acids is 1. The van der Waals surface area contributed by atoms with Gasteiger partial charge in [-0.1, -0.05) is 6.07 Å². The molecule has 0 aromatic heterocycles. The average Bonchev–Trinajstić information content (AvgIpc) is 2.52. The van der Waals surface area contributed by atoms with Crippen LogP contribution in [0.5, 0.6) is 0 Å². The van der Waals surface area contributed by atoms with Crippen LogP contribution in [0.3, 0.4) is 0 Å². The number of anilines is 1. The largest absolute Gasteiger partial charge is 0.444 e. The van der Waals surface area contributed by atoms with Gasteiger partial charge in [-0.05, 0) is 44.0 Å². The zero-order valence-corrected chi connectivity index (χ0v) is 14.1. The number of aliphatic hydroxyl groups is 2. The summed E-state index contributed by atoms with van der Waals surface area (Å²) in [6, 6.07) is 5.67. The van der Waals surface area contributed by atoms with Gasteiger partial charge in [0.05, 0.1) is 13.2 Å².